The van der Waals surface area contributed by atoms with Crippen molar-refractivity contribution in [2.45, 2.75) is 6.54 Å². The number of hydrogen-bond donors (Lipinski definition) is 1. The predicted octanol–water partition coefficient (Wildman–Crippen LogP) is 3.98. The van der Waals surface area contributed by atoms with E-state index in [1.165, 1.54) is 10.5 Å². The monoisotopic (exact) mass is 463 g/mol. The largest absolute Gasteiger partial charge is 0.490 e. The van der Waals surface area contributed by atoms with Gasteiger partial charge in [0.25, 0.3) is 5.91 Å². The van der Waals surface area contributed by atoms with E-state index in [0.29, 0.717) is 12.4 Å². The lowest BCUT2D eigenvalue weighted by Crippen LogP contribution is -2.32. The van der Waals surface area contributed by atoms with E-state index in [9.17, 15) is 13.2 Å². The van der Waals surface area contributed by atoms with Crippen molar-refractivity contribution < 1.29 is 17.9 Å². The third-order valence-corrected chi connectivity index (χ3v) is 5.72. The molecule has 1 N–H and O–H groups in total. The van der Waals surface area contributed by atoms with Crippen LogP contribution >= 0.6 is 0 Å². The summed E-state index contributed by atoms with van der Waals surface area (Å²) >= 11 is 0. The van der Waals surface area contributed by atoms with Gasteiger partial charge in [0.05, 0.1) is 30.3 Å². The van der Waals surface area contributed by atoms with Gasteiger partial charge in [-0.05, 0) is 35.4 Å². The van der Waals surface area contributed by atoms with Gasteiger partial charge in [-0.2, -0.15) is 5.10 Å². The van der Waals surface area contributed by atoms with E-state index in [0.717, 1.165) is 17.4 Å². The lowest BCUT2D eigenvalue weighted by Gasteiger charge is -2.24. The van der Waals surface area contributed by atoms with Crippen LogP contribution in [0.25, 0.3) is 0 Å². The molecular formula is C25H25N3O4S. The van der Waals surface area contributed by atoms with Gasteiger partial charge in [0.2, 0.25) is 10.0 Å². The number of amides is 1. The smallest absolute Gasteiger partial charge is 0.273 e. The van der Waals surface area contributed by atoms with Gasteiger partial charge in [-0.3, -0.25) is 9.10 Å². The maximum atomic E-state index is 12.9. The summed E-state index contributed by atoms with van der Waals surface area (Å²) in [5, 5.41) is 4.02. The molecular weight excluding hydrogens is 438 g/mol. The molecule has 170 valence electrons. The number of carbonyl (C=O) groups excluding carboxylic acids is 1. The van der Waals surface area contributed by atoms with Crippen LogP contribution in [0.4, 0.5) is 5.69 Å². The van der Waals surface area contributed by atoms with E-state index in [1.54, 1.807) is 36.4 Å². The van der Waals surface area contributed by atoms with Gasteiger partial charge >= 0.3 is 0 Å². The molecule has 0 saturated carbocycles. The van der Waals surface area contributed by atoms with Crippen molar-refractivity contribution in [1.82, 2.24) is 5.43 Å². The zero-order valence-corrected chi connectivity index (χ0v) is 19.0. The standard InChI is InChI=1S/C25H25N3O4S/c1-3-16-32-22-13-9-12-21(17-22)18-26-27-25(29)23-14-7-8-15-24(23)28(33(2,30)31)19-20-10-5-4-6-11-20/h3-15,17-18H,1,16,19H2,2H3,(H,27,29)/b26-18+. The Morgan fingerprint density at radius 2 is 1.79 bits per heavy atom. The summed E-state index contributed by atoms with van der Waals surface area (Å²) in [6, 6.07) is 22.9. The van der Waals surface area contributed by atoms with Crippen LogP contribution in [0.5, 0.6) is 5.75 Å². The highest BCUT2D eigenvalue weighted by Gasteiger charge is 2.23. The minimum absolute atomic E-state index is 0.102. The van der Waals surface area contributed by atoms with E-state index in [-0.39, 0.29) is 17.8 Å². The molecule has 0 aliphatic carbocycles. The summed E-state index contributed by atoms with van der Waals surface area (Å²) in [6.45, 7) is 4.10. The van der Waals surface area contributed by atoms with Gasteiger partial charge in [0, 0.05) is 0 Å². The zero-order chi connectivity index (χ0) is 23.7. The number of rotatable bonds is 10. The topological polar surface area (TPSA) is 88.1 Å². The Kier molecular flexibility index (Phi) is 7.99. The van der Waals surface area contributed by atoms with E-state index in [2.05, 4.69) is 17.1 Å². The van der Waals surface area contributed by atoms with Gasteiger partial charge in [-0.15, -0.1) is 0 Å². The summed E-state index contributed by atoms with van der Waals surface area (Å²) in [7, 11) is -3.65. The van der Waals surface area contributed by atoms with E-state index in [4.69, 9.17) is 4.74 Å². The quantitative estimate of drug-likeness (QED) is 0.280. The van der Waals surface area contributed by atoms with Crippen molar-refractivity contribution in [3.05, 3.63) is 108 Å². The Morgan fingerprint density at radius 1 is 1.06 bits per heavy atom. The average molecular weight is 464 g/mol. The number of para-hydroxylation sites is 1. The van der Waals surface area contributed by atoms with Crippen LogP contribution in [0.2, 0.25) is 0 Å². The molecule has 1 amide bonds. The van der Waals surface area contributed by atoms with E-state index in [1.807, 2.05) is 48.5 Å². The van der Waals surface area contributed by atoms with Gasteiger partial charge in [0.1, 0.15) is 12.4 Å². The second-order valence-corrected chi connectivity index (χ2v) is 9.05. The molecule has 3 aromatic carbocycles. The maximum absolute atomic E-state index is 12.9. The van der Waals surface area contributed by atoms with Crippen LogP contribution in [0, 0.1) is 0 Å². The molecule has 0 bridgehead atoms. The Balaban J connectivity index is 1.80. The number of anilines is 1. The zero-order valence-electron chi connectivity index (χ0n) is 18.2. The first-order chi connectivity index (χ1) is 15.9. The van der Waals surface area contributed by atoms with Crippen molar-refractivity contribution in [1.29, 1.82) is 0 Å². The molecule has 0 unspecified atom stereocenters. The highest BCUT2D eigenvalue weighted by molar-refractivity contribution is 7.92. The van der Waals surface area contributed by atoms with Crippen molar-refractivity contribution in [3.8, 4) is 5.75 Å². The highest BCUT2D eigenvalue weighted by Crippen LogP contribution is 2.25. The summed E-state index contributed by atoms with van der Waals surface area (Å²) in [5.74, 6) is 0.128. The first kappa shape index (κ1) is 23.7. The number of nitrogens with one attached hydrogen (secondary N) is 1. The molecule has 8 heteroatoms. The Hall–Kier alpha value is -3.91. The molecule has 0 atom stereocenters. The third-order valence-electron chi connectivity index (χ3n) is 4.59. The van der Waals surface area contributed by atoms with Crippen molar-refractivity contribution in [2.24, 2.45) is 5.10 Å². The number of hydrazone groups is 1. The first-order valence-electron chi connectivity index (χ1n) is 10.2. The molecule has 0 spiro atoms. The van der Waals surface area contributed by atoms with Gasteiger partial charge < -0.3 is 4.74 Å². The van der Waals surface area contributed by atoms with Gasteiger partial charge in [-0.1, -0.05) is 67.3 Å². The summed E-state index contributed by atoms with van der Waals surface area (Å²) in [6.07, 6.45) is 4.25. The minimum Gasteiger partial charge on any atom is -0.490 e. The minimum atomic E-state index is -3.65. The second kappa shape index (κ2) is 11.1. The molecule has 0 aliphatic heterocycles. The molecule has 0 fully saturated rings. The predicted molar refractivity (Wildman–Crippen MR) is 131 cm³/mol. The van der Waals surface area contributed by atoms with Crippen LogP contribution in [-0.4, -0.2) is 33.4 Å². The highest BCUT2D eigenvalue weighted by atomic mass is 32.2. The lowest BCUT2D eigenvalue weighted by molar-refractivity contribution is 0.0956. The normalized spacial score (nSPS) is 11.2. The number of nitrogens with zero attached hydrogens (tertiary/aromatic N) is 2. The van der Waals surface area contributed by atoms with Crippen LogP contribution in [0.15, 0.2) is 96.6 Å². The molecule has 33 heavy (non-hydrogen) atoms. The Morgan fingerprint density at radius 3 is 2.52 bits per heavy atom. The van der Waals surface area contributed by atoms with Crippen LogP contribution in [0.1, 0.15) is 21.5 Å². The number of hydrogen-bond acceptors (Lipinski definition) is 5. The second-order valence-electron chi connectivity index (χ2n) is 7.14. The average Bonchev–Trinajstić information content (AvgIpc) is 2.81. The Labute approximate surface area is 194 Å². The fourth-order valence-corrected chi connectivity index (χ4v) is 3.98. The molecule has 0 aromatic heterocycles. The summed E-state index contributed by atoms with van der Waals surface area (Å²) in [5.41, 5.74) is 4.47. The molecule has 3 aromatic rings. The fraction of sp³-hybridized carbons (Fsp3) is 0.120. The number of carbonyl (C=O) groups is 1. The summed E-state index contributed by atoms with van der Waals surface area (Å²) in [4.78, 5) is 12.9. The third kappa shape index (κ3) is 6.78. The number of benzene rings is 3. The summed E-state index contributed by atoms with van der Waals surface area (Å²) < 4.78 is 31.8. The SMILES string of the molecule is C=CCOc1cccc(/C=N/NC(=O)c2ccccc2N(Cc2ccccc2)S(C)(=O)=O)c1. The molecule has 0 heterocycles. The van der Waals surface area contributed by atoms with Gasteiger partial charge in [-0.25, -0.2) is 13.8 Å². The van der Waals surface area contributed by atoms with E-state index < -0.39 is 15.9 Å². The first-order valence-corrected chi connectivity index (χ1v) is 12.0. The van der Waals surface area contributed by atoms with Crippen molar-refractivity contribution in [2.75, 3.05) is 17.2 Å². The molecule has 0 radical (unpaired) electrons. The van der Waals surface area contributed by atoms with E-state index >= 15 is 0 Å². The van der Waals surface area contributed by atoms with Crippen LogP contribution in [0.3, 0.4) is 0 Å². The number of ether oxygens (including phenoxy) is 1. The van der Waals surface area contributed by atoms with Crippen LogP contribution in [-0.2, 0) is 16.6 Å². The fourth-order valence-electron chi connectivity index (χ4n) is 3.08. The molecule has 0 saturated heterocycles. The molecule has 7 nitrogen and oxygen atoms in total. The van der Waals surface area contributed by atoms with Crippen molar-refractivity contribution >= 4 is 27.8 Å². The Bertz CT molecular complexity index is 1240. The maximum Gasteiger partial charge on any atom is 0.273 e. The number of sulfonamides is 1. The van der Waals surface area contributed by atoms with Gasteiger partial charge in [0.15, 0.2) is 0 Å². The van der Waals surface area contributed by atoms with Crippen LogP contribution < -0.4 is 14.5 Å². The lowest BCUT2D eigenvalue weighted by atomic mass is 10.1. The molecule has 3 rings (SSSR count). The molecule has 0 aliphatic rings. The van der Waals surface area contributed by atoms with Crippen molar-refractivity contribution in [3.63, 3.8) is 0 Å².